The first-order valence-corrected chi connectivity index (χ1v) is 11.6. The smallest absolute Gasteiger partial charge is 0.191 e. The minimum Gasteiger partial charge on any atom is -0.467 e. The van der Waals surface area contributed by atoms with Crippen LogP contribution < -0.4 is 10.6 Å². The maximum absolute atomic E-state index is 5.63. The molecule has 0 bridgehead atoms. The lowest BCUT2D eigenvalue weighted by Gasteiger charge is -2.31. The van der Waals surface area contributed by atoms with Crippen molar-refractivity contribution in [1.29, 1.82) is 0 Å². The minimum atomic E-state index is 0.533. The number of nitrogens with one attached hydrogen (secondary N) is 2. The zero-order chi connectivity index (χ0) is 20.2. The summed E-state index contributed by atoms with van der Waals surface area (Å²) in [5, 5.41) is 8.94. The van der Waals surface area contributed by atoms with Crippen molar-refractivity contribution in [2.75, 3.05) is 39.3 Å². The van der Waals surface area contributed by atoms with Gasteiger partial charge in [-0.1, -0.05) is 6.07 Å². The van der Waals surface area contributed by atoms with E-state index in [-0.39, 0.29) is 0 Å². The fourth-order valence-corrected chi connectivity index (χ4v) is 4.32. The number of piperidine rings is 1. The Hall–Kier alpha value is -1.83. The van der Waals surface area contributed by atoms with Gasteiger partial charge in [0.15, 0.2) is 5.96 Å². The molecule has 0 saturated carbocycles. The SMILES string of the molecule is CCNC(=NCC1CCCN(Cc2cccs2)C1)NCCCOCc1ccco1. The zero-order valence-electron chi connectivity index (χ0n) is 17.4. The summed E-state index contributed by atoms with van der Waals surface area (Å²) >= 11 is 1.85. The number of hydrogen-bond acceptors (Lipinski definition) is 5. The molecule has 1 aliphatic heterocycles. The molecule has 2 aromatic rings. The molecule has 1 saturated heterocycles. The number of nitrogens with zero attached hydrogens (tertiary/aromatic N) is 2. The topological polar surface area (TPSA) is 62.0 Å². The fourth-order valence-electron chi connectivity index (χ4n) is 3.58. The molecule has 6 nitrogen and oxygen atoms in total. The van der Waals surface area contributed by atoms with Crippen LogP contribution in [0.25, 0.3) is 0 Å². The summed E-state index contributed by atoms with van der Waals surface area (Å²) in [6.07, 6.45) is 5.14. The highest BCUT2D eigenvalue weighted by Gasteiger charge is 2.20. The summed E-state index contributed by atoms with van der Waals surface area (Å²) in [6.45, 7) is 9.36. The highest BCUT2D eigenvalue weighted by atomic mass is 32.1. The molecule has 1 aliphatic rings. The van der Waals surface area contributed by atoms with E-state index < -0.39 is 0 Å². The number of hydrogen-bond donors (Lipinski definition) is 2. The highest BCUT2D eigenvalue weighted by Crippen LogP contribution is 2.20. The first kappa shape index (κ1) is 21.9. The third-order valence-electron chi connectivity index (χ3n) is 5.00. The molecule has 1 atom stereocenters. The van der Waals surface area contributed by atoms with E-state index in [0.717, 1.165) is 50.9 Å². The number of guanidine groups is 1. The Kier molecular flexibility index (Phi) is 9.56. The van der Waals surface area contributed by atoms with Gasteiger partial charge in [0, 0.05) is 44.2 Å². The van der Waals surface area contributed by atoms with Gasteiger partial charge in [0.2, 0.25) is 0 Å². The van der Waals surface area contributed by atoms with Gasteiger partial charge in [-0.3, -0.25) is 9.89 Å². The van der Waals surface area contributed by atoms with Crippen LogP contribution >= 0.6 is 11.3 Å². The van der Waals surface area contributed by atoms with E-state index in [0.29, 0.717) is 19.1 Å². The van der Waals surface area contributed by atoms with Crippen LogP contribution in [-0.4, -0.2) is 50.2 Å². The Bertz CT molecular complexity index is 688. The fraction of sp³-hybridized carbons (Fsp3) is 0.591. The highest BCUT2D eigenvalue weighted by molar-refractivity contribution is 7.09. The molecule has 3 rings (SSSR count). The van der Waals surface area contributed by atoms with Crippen LogP contribution in [0.4, 0.5) is 0 Å². The van der Waals surface area contributed by atoms with Crippen molar-refractivity contribution in [3.05, 3.63) is 46.5 Å². The van der Waals surface area contributed by atoms with E-state index >= 15 is 0 Å². The molecule has 160 valence electrons. The second kappa shape index (κ2) is 12.7. The van der Waals surface area contributed by atoms with Gasteiger partial charge in [0.25, 0.3) is 0 Å². The van der Waals surface area contributed by atoms with Gasteiger partial charge in [-0.2, -0.15) is 0 Å². The summed E-state index contributed by atoms with van der Waals surface area (Å²) in [6, 6.07) is 8.19. The first-order valence-electron chi connectivity index (χ1n) is 10.7. The monoisotopic (exact) mass is 418 g/mol. The molecule has 3 heterocycles. The van der Waals surface area contributed by atoms with Gasteiger partial charge in [0.05, 0.1) is 6.26 Å². The van der Waals surface area contributed by atoms with E-state index in [1.807, 2.05) is 23.5 Å². The molecular weight excluding hydrogens is 384 g/mol. The third-order valence-corrected chi connectivity index (χ3v) is 5.86. The average molecular weight is 419 g/mol. The summed E-state index contributed by atoms with van der Waals surface area (Å²) in [4.78, 5) is 8.87. The van der Waals surface area contributed by atoms with Gasteiger partial charge in [0.1, 0.15) is 12.4 Å². The molecule has 0 amide bonds. The third kappa shape index (κ3) is 8.20. The Morgan fingerprint density at radius 2 is 2.31 bits per heavy atom. The van der Waals surface area contributed by atoms with Crippen molar-refractivity contribution >= 4 is 17.3 Å². The predicted octanol–water partition coefficient (Wildman–Crippen LogP) is 3.72. The molecule has 2 aromatic heterocycles. The standard InChI is InChI=1S/C22H34N4O2S/c1-2-23-22(24-10-6-12-27-18-20-8-4-13-28-20)25-15-19-7-3-11-26(16-19)17-21-9-5-14-29-21/h4-5,8-9,13-14,19H,2-3,6-7,10-12,15-18H2,1H3,(H2,23,24,25). The molecule has 1 unspecified atom stereocenters. The largest absolute Gasteiger partial charge is 0.467 e. The van der Waals surface area contributed by atoms with E-state index in [2.05, 4.69) is 40.0 Å². The van der Waals surface area contributed by atoms with Gasteiger partial charge in [-0.25, -0.2) is 0 Å². The van der Waals surface area contributed by atoms with Crippen molar-refractivity contribution in [2.24, 2.45) is 10.9 Å². The molecule has 0 spiro atoms. The quantitative estimate of drug-likeness (QED) is 0.331. The normalized spacial score (nSPS) is 18.1. The number of ether oxygens (including phenoxy) is 1. The van der Waals surface area contributed by atoms with E-state index in [4.69, 9.17) is 14.1 Å². The summed E-state index contributed by atoms with van der Waals surface area (Å²) in [5.74, 6) is 2.41. The van der Waals surface area contributed by atoms with E-state index in [9.17, 15) is 0 Å². The molecule has 29 heavy (non-hydrogen) atoms. The lowest BCUT2D eigenvalue weighted by molar-refractivity contribution is 0.105. The Morgan fingerprint density at radius 1 is 1.34 bits per heavy atom. The van der Waals surface area contributed by atoms with Crippen molar-refractivity contribution in [2.45, 2.75) is 39.3 Å². The summed E-state index contributed by atoms with van der Waals surface area (Å²) in [7, 11) is 0. The number of furan rings is 1. The number of thiophene rings is 1. The number of aliphatic imine (C=N–C) groups is 1. The van der Waals surface area contributed by atoms with E-state index in [1.54, 1.807) is 6.26 Å². The van der Waals surface area contributed by atoms with Crippen LogP contribution in [0, 0.1) is 5.92 Å². The van der Waals surface area contributed by atoms with Gasteiger partial charge in [-0.05, 0) is 62.2 Å². The zero-order valence-corrected chi connectivity index (χ0v) is 18.3. The summed E-state index contributed by atoms with van der Waals surface area (Å²) in [5.41, 5.74) is 0. The molecule has 0 radical (unpaired) electrons. The second-order valence-electron chi connectivity index (χ2n) is 7.45. The van der Waals surface area contributed by atoms with Crippen LogP contribution in [-0.2, 0) is 17.9 Å². The lowest BCUT2D eigenvalue weighted by atomic mass is 9.98. The molecule has 2 N–H and O–H groups in total. The molecule has 1 fully saturated rings. The Labute approximate surface area is 178 Å². The average Bonchev–Trinajstić information content (AvgIpc) is 3.43. The van der Waals surface area contributed by atoms with Gasteiger partial charge < -0.3 is 19.8 Å². The molecule has 0 aliphatic carbocycles. The van der Waals surface area contributed by atoms with Crippen LogP contribution in [0.1, 0.15) is 36.8 Å². The van der Waals surface area contributed by atoms with Crippen LogP contribution in [0.3, 0.4) is 0 Å². The van der Waals surface area contributed by atoms with Crippen molar-refractivity contribution in [1.82, 2.24) is 15.5 Å². The summed E-state index contributed by atoms with van der Waals surface area (Å²) < 4.78 is 10.9. The maximum Gasteiger partial charge on any atom is 0.191 e. The van der Waals surface area contributed by atoms with Gasteiger partial charge >= 0.3 is 0 Å². The predicted molar refractivity (Wildman–Crippen MR) is 119 cm³/mol. The maximum atomic E-state index is 5.63. The van der Waals surface area contributed by atoms with Crippen molar-refractivity contribution < 1.29 is 9.15 Å². The Balaban J connectivity index is 1.34. The van der Waals surface area contributed by atoms with Gasteiger partial charge in [-0.15, -0.1) is 11.3 Å². The first-order chi connectivity index (χ1) is 14.3. The molecule has 7 heteroatoms. The molecule has 0 aromatic carbocycles. The van der Waals surface area contributed by atoms with Crippen LogP contribution in [0.5, 0.6) is 0 Å². The van der Waals surface area contributed by atoms with E-state index in [1.165, 1.54) is 24.3 Å². The second-order valence-corrected chi connectivity index (χ2v) is 8.49. The Morgan fingerprint density at radius 3 is 3.10 bits per heavy atom. The van der Waals surface area contributed by atoms with Crippen molar-refractivity contribution in [3.63, 3.8) is 0 Å². The molecular formula is C22H34N4O2S. The van der Waals surface area contributed by atoms with Crippen molar-refractivity contribution in [3.8, 4) is 0 Å². The van der Waals surface area contributed by atoms with Crippen LogP contribution in [0.2, 0.25) is 0 Å². The lowest BCUT2D eigenvalue weighted by Crippen LogP contribution is -2.40. The number of likely N-dealkylation sites (tertiary alicyclic amines) is 1. The minimum absolute atomic E-state index is 0.533. The van der Waals surface area contributed by atoms with Crippen LogP contribution in [0.15, 0.2) is 45.3 Å². The number of rotatable bonds is 11.